The summed E-state index contributed by atoms with van der Waals surface area (Å²) in [7, 11) is 1.80. The van der Waals surface area contributed by atoms with Gasteiger partial charge in [-0.05, 0) is 33.2 Å². The maximum absolute atomic E-state index is 6.02. The van der Waals surface area contributed by atoms with Crippen LogP contribution in [0, 0.1) is 0 Å². The van der Waals surface area contributed by atoms with Crippen molar-refractivity contribution in [3.05, 3.63) is 18.2 Å². The Labute approximate surface area is 115 Å². The van der Waals surface area contributed by atoms with Crippen LogP contribution in [0.15, 0.2) is 12.5 Å². The molecular weight excluding hydrogens is 240 g/mol. The van der Waals surface area contributed by atoms with E-state index in [1.807, 2.05) is 12.5 Å². The van der Waals surface area contributed by atoms with Gasteiger partial charge in [-0.3, -0.25) is 4.90 Å². The predicted molar refractivity (Wildman–Crippen MR) is 75.9 cm³/mol. The monoisotopic (exact) mass is 266 g/mol. The third-order valence-corrected chi connectivity index (χ3v) is 4.27. The zero-order chi connectivity index (χ0) is 13.9. The SMILES string of the molecule is CCn1cncc1C(CN)N1CCCC(C)(OC)C1. The molecule has 1 aromatic heterocycles. The third kappa shape index (κ3) is 2.99. The van der Waals surface area contributed by atoms with Gasteiger partial charge in [-0.25, -0.2) is 4.98 Å². The van der Waals surface area contributed by atoms with Crippen LogP contribution in [0.2, 0.25) is 0 Å². The number of piperidine rings is 1. The number of likely N-dealkylation sites (tertiary alicyclic amines) is 1. The molecule has 2 heterocycles. The highest BCUT2D eigenvalue weighted by Crippen LogP contribution is 2.30. The van der Waals surface area contributed by atoms with Crippen molar-refractivity contribution < 1.29 is 4.74 Å². The van der Waals surface area contributed by atoms with Crippen molar-refractivity contribution in [1.29, 1.82) is 0 Å². The minimum atomic E-state index is -0.0528. The summed E-state index contributed by atoms with van der Waals surface area (Å²) in [6.07, 6.45) is 6.10. The van der Waals surface area contributed by atoms with Crippen LogP contribution < -0.4 is 5.73 Å². The molecule has 1 aliphatic heterocycles. The molecule has 5 heteroatoms. The van der Waals surface area contributed by atoms with Gasteiger partial charge in [0.2, 0.25) is 0 Å². The number of methoxy groups -OCH3 is 1. The minimum Gasteiger partial charge on any atom is -0.377 e. The van der Waals surface area contributed by atoms with E-state index in [4.69, 9.17) is 10.5 Å². The highest BCUT2D eigenvalue weighted by Gasteiger charge is 2.34. The van der Waals surface area contributed by atoms with Crippen molar-refractivity contribution in [2.45, 2.75) is 44.9 Å². The molecule has 0 bridgehead atoms. The fraction of sp³-hybridized carbons (Fsp3) is 0.786. The van der Waals surface area contributed by atoms with Gasteiger partial charge in [0.15, 0.2) is 0 Å². The largest absolute Gasteiger partial charge is 0.377 e. The van der Waals surface area contributed by atoms with Gasteiger partial charge < -0.3 is 15.0 Å². The zero-order valence-electron chi connectivity index (χ0n) is 12.3. The Kier molecular flexibility index (Phi) is 4.60. The molecule has 2 rings (SSSR count). The van der Waals surface area contributed by atoms with Crippen molar-refractivity contribution in [2.75, 3.05) is 26.7 Å². The molecule has 1 aromatic rings. The van der Waals surface area contributed by atoms with E-state index in [-0.39, 0.29) is 11.6 Å². The number of aryl methyl sites for hydroxylation is 1. The van der Waals surface area contributed by atoms with E-state index in [1.165, 1.54) is 5.69 Å². The number of nitrogens with zero attached hydrogens (tertiary/aromatic N) is 3. The Hall–Kier alpha value is -0.910. The Bertz CT molecular complexity index is 406. The lowest BCUT2D eigenvalue weighted by molar-refractivity contribution is -0.0615. The Morgan fingerprint density at radius 2 is 2.37 bits per heavy atom. The normalized spacial score (nSPS) is 26.5. The van der Waals surface area contributed by atoms with Crippen molar-refractivity contribution in [3.8, 4) is 0 Å². The molecule has 19 heavy (non-hydrogen) atoms. The number of aromatic nitrogens is 2. The summed E-state index contributed by atoms with van der Waals surface area (Å²) >= 11 is 0. The van der Waals surface area contributed by atoms with Crippen molar-refractivity contribution >= 4 is 0 Å². The second kappa shape index (κ2) is 6.03. The molecule has 0 saturated carbocycles. The van der Waals surface area contributed by atoms with E-state index in [1.54, 1.807) is 7.11 Å². The van der Waals surface area contributed by atoms with Crippen LogP contribution in [0.5, 0.6) is 0 Å². The zero-order valence-corrected chi connectivity index (χ0v) is 12.3. The fourth-order valence-electron chi connectivity index (χ4n) is 3.01. The first-order chi connectivity index (χ1) is 9.13. The lowest BCUT2D eigenvalue weighted by atomic mass is 9.93. The first-order valence-corrected chi connectivity index (χ1v) is 7.13. The highest BCUT2D eigenvalue weighted by atomic mass is 16.5. The molecule has 2 N–H and O–H groups in total. The van der Waals surface area contributed by atoms with Crippen LogP contribution in [-0.2, 0) is 11.3 Å². The van der Waals surface area contributed by atoms with E-state index in [0.29, 0.717) is 6.54 Å². The quantitative estimate of drug-likeness (QED) is 0.875. The third-order valence-electron chi connectivity index (χ3n) is 4.27. The minimum absolute atomic E-state index is 0.0528. The van der Waals surface area contributed by atoms with Crippen LogP contribution in [0.1, 0.15) is 38.4 Å². The summed E-state index contributed by atoms with van der Waals surface area (Å²) in [5.74, 6) is 0. The van der Waals surface area contributed by atoms with E-state index in [0.717, 1.165) is 32.5 Å². The van der Waals surface area contributed by atoms with Gasteiger partial charge in [0, 0.05) is 32.9 Å². The van der Waals surface area contributed by atoms with E-state index >= 15 is 0 Å². The van der Waals surface area contributed by atoms with Crippen molar-refractivity contribution in [3.63, 3.8) is 0 Å². The maximum atomic E-state index is 6.02. The fourth-order valence-corrected chi connectivity index (χ4v) is 3.01. The molecule has 108 valence electrons. The summed E-state index contributed by atoms with van der Waals surface area (Å²) in [6.45, 7) is 7.88. The van der Waals surface area contributed by atoms with Gasteiger partial charge in [0.25, 0.3) is 0 Å². The first kappa shape index (κ1) is 14.5. The molecule has 2 atom stereocenters. The lowest BCUT2D eigenvalue weighted by Gasteiger charge is -2.43. The van der Waals surface area contributed by atoms with Gasteiger partial charge in [-0.15, -0.1) is 0 Å². The predicted octanol–water partition coefficient (Wildman–Crippen LogP) is 1.40. The summed E-state index contributed by atoms with van der Waals surface area (Å²) < 4.78 is 7.85. The topological polar surface area (TPSA) is 56.3 Å². The first-order valence-electron chi connectivity index (χ1n) is 7.13. The molecule has 0 aliphatic carbocycles. The molecule has 2 unspecified atom stereocenters. The number of ether oxygens (including phenoxy) is 1. The lowest BCUT2D eigenvalue weighted by Crippen LogP contribution is -2.50. The van der Waals surface area contributed by atoms with Gasteiger partial charge in [0.05, 0.1) is 23.7 Å². The van der Waals surface area contributed by atoms with E-state index < -0.39 is 0 Å². The molecule has 1 fully saturated rings. The van der Waals surface area contributed by atoms with Gasteiger partial charge in [0.1, 0.15) is 0 Å². The second-order valence-electron chi connectivity index (χ2n) is 5.58. The van der Waals surface area contributed by atoms with Crippen LogP contribution >= 0.6 is 0 Å². The second-order valence-corrected chi connectivity index (χ2v) is 5.58. The molecule has 1 aliphatic rings. The Morgan fingerprint density at radius 3 is 3.00 bits per heavy atom. The molecule has 0 spiro atoms. The summed E-state index contributed by atoms with van der Waals surface area (Å²) in [4.78, 5) is 6.70. The molecular formula is C14H26N4O. The van der Waals surface area contributed by atoms with Gasteiger partial charge in [-0.2, -0.15) is 0 Å². The van der Waals surface area contributed by atoms with Crippen molar-refractivity contribution in [2.24, 2.45) is 5.73 Å². The Morgan fingerprint density at radius 1 is 1.58 bits per heavy atom. The number of hydrogen-bond donors (Lipinski definition) is 1. The van der Waals surface area contributed by atoms with Gasteiger partial charge in [-0.1, -0.05) is 0 Å². The van der Waals surface area contributed by atoms with E-state index in [2.05, 4.69) is 28.3 Å². The standard InChI is InChI=1S/C14H26N4O/c1-4-17-11-16-9-13(17)12(8-15)18-7-5-6-14(2,10-18)19-3/h9,11-12H,4-8,10,15H2,1-3H3. The molecule has 1 saturated heterocycles. The van der Waals surface area contributed by atoms with Crippen LogP contribution in [0.25, 0.3) is 0 Å². The Balaban J connectivity index is 2.18. The molecule has 5 nitrogen and oxygen atoms in total. The summed E-state index contributed by atoms with van der Waals surface area (Å²) in [6, 6.07) is 0.234. The van der Waals surface area contributed by atoms with Crippen LogP contribution in [-0.4, -0.2) is 46.8 Å². The van der Waals surface area contributed by atoms with Crippen LogP contribution in [0.4, 0.5) is 0 Å². The smallest absolute Gasteiger partial charge is 0.0948 e. The van der Waals surface area contributed by atoms with Gasteiger partial charge >= 0.3 is 0 Å². The maximum Gasteiger partial charge on any atom is 0.0948 e. The summed E-state index contributed by atoms with van der Waals surface area (Å²) in [5.41, 5.74) is 7.19. The number of imidazole rings is 1. The highest BCUT2D eigenvalue weighted by molar-refractivity contribution is 5.08. The molecule has 0 amide bonds. The van der Waals surface area contributed by atoms with Crippen molar-refractivity contribution in [1.82, 2.24) is 14.5 Å². The number of rotatable bonds is 5. The molecule has 0 radical (unpaired) electrons. The molecule has 0 aromatic carbocycles. The summed E-state index contributed by atoms with van der Waals surface area (Å²) in [5, 5.41) is 0. The average Bonchev–Trinajstić information content (AvgIpc) is 2.88. The van der Waals surface area contributed by atoms with Crippen LogP contribution in [0.3, 0.4) is 0 Å². The van der Waals surface area contributed by atoms with E-state index in [9.17, 15) is 0 Å². The number of hydrogen-bond acceptors (Lipinski definition) is 4. The average molecular weight is 266 g/mol. The number of nitrogens with two attached hydrogens (primary N) is 1.